The number of amides is 1. The van der Waals surface area contributed by atoms with Gasteiger partial charge in [0.05, 0.1) is 0 Å². The Hall–Kier alpha value is -2.82. The molecule has 5 heteroatoms. The van der Waals surface area contributed by atoms with E-state index in [1.807, 2.05) is 37.3 Å². The van der Waals surface area contributed by atoms with Gasteiger partial charge in [-0.1, -0.05) is 25.1 Å². The predicted octanol–water partition coefficient (Wildman–Crippen LogP) is 4.15. The minimum absolute atomic E-state index is 0.309. The van der Waals surface area contributed by atoms with Crippen molar-refractivity contribution in [3.8, 4) is 11.5 Å². The van der Waals surface area contributed by atoms with Crippen LogP contribution in [0.4, 0.5) is 5.69 Å². The lowest BCUT2D eigenvalue weighted by Crippen LogP contribution is -2.29. The van der Waals surface area contributed by atoms with Gasteiger partial charge in [-0.3, -0.25) is 9.59 Å². The Kier molecular flexibility index (Phi) is 6.37. The molecule has 0 saturated heterocycles. The lowest BCUT2D eigenvalue weighted by molar-refractivity contribution is -0.153. The zero-order chi connectivity index (χ0) is 17.4. The molecular formula is C19H21NO4. The molecule has 1 N–H and O–H groups in total. The second kappa shape index (κ2) is 8.72. The van der Waals surface area contributed by atoms with Crippen molar-refractivity contribution in [1.29, 1.82) is 0 Å². The smallest absolute Gasteiger partial charge is 0.306 e. The standard InChI is InChI=1S/C19H21NO4/c1-3-7-18(21)23-14(2)19(22)20-15-10-12-17(13-11-15)24-16-8-5-4-6-9-16/h4-6,8-14H,3,7H2,1-2H3,(H,20,22)/t14-/m1/s1. The zero-order valence-electron chi connectivity index (χ0n) is 13.8. The number of para-hydroxylation sites is 1. The molecule has 0 spiro atoms. The second-order valence-electron chi connectivity index (χ2n) is 5.31. The van der Waals surface area contributed by atoms with E-state index in [9.17, 15) is 9.59 Å². The molecule has 0 aliphatic carbocycles. The highest BCUT2D eigenvalue weighted by Crippen LogP contribution is 2.22. The Labute approximate surface area is 141 Å². The normalized spacial score (nSPS) is 11.4. The molecule has 2 rings (SSSR count). The van der Waals surface area contributed by atoms with Crippen LogP contribution >= 0.6 is 0 Å². The maximum absolute atomic E-state index is 12.0. The molecule has 0 aromatic heterocycles. The van der Waals surface area contributed by atoms with E-state index in [0.717, 1.165) is 5.75 Å². The van der Waals surface area contributed by atoms with Crippen LogP contribution in [0.1, 0.15) is 26.7 Å². The maximum atomic E-state index is 12.0. The number of nitrogens with one attached hydrogen (secondary N) is 1. The van der Waals surface area contributed by atoms with E-state index >= 15 is 0 Å². The molecule has 2 aromatic rings. The molecule has 126 valence electrons. The maximum Gasteiger partial charge on any atom is 0.306 e. The van der Waals surface area contributed by atoms with Crippen LogP contribution in [0.5, 0.6) is 11.5 Å². The Balaban J connectivity index is 1.89. The Morgan fingerprint density at radius 2 is 1.62 bits per heavy atom. The van der Waals surface area contributed by atoms with Crippen molar-refractivity contribution in [2.24, 2.45) is 0 Å². The fourth-order valence-electron chi connectivity index (χ4n) is 1.99. The molecule has 0 heterocycles. The second-order valence-corrected chi connectivity index (χ2v) is 5.31. The van der Waals surface area contributed by atoms with Crippen LogP contribution in [0.2, 0.25) is 0 Å². The summed E-state index contributed by atoms with van der Waals surface area (Å²) in [7, 11) is 0. The number of esters is 1. The fourth-order valence-corrected chi connectivity index (χ4v) is 1.99. The predicted molar refractivity (Wildman–Crippen MR) is 92.0 cm³/mol. The third-order valence-corrected chi connectivity index (χ3v) is 3.23. The number of hydrogen-bond donors (Lipinski definition) is 1. The number of anilines is 1. The molecule has 0 saturated carbocycles. The van der Waals surface area contributed by atoms with Gasteiger partial charge in [0, 0.05) is 12.1 Å². The van der Waals surface area contributed by atoms with Crippen molar-refractivity contribution in [1.82, 2.24) is 0 Å². The molecule has 0 bridgehead atoms. The van der Waals surface area contributed by atoms with Crippen LogP contribution in [-0.4, -0.2) is 18.0 Å². The number of ether oxygens (including phenoxy) is 2. The lowest BCUT2D eigenvalue weighted by Gasteiger charge is -2.13. The van der Waals surface area contributed by atoms with E-state index in [-0.39, 0.29) is 11.9 Å². The Morgan fingerprint density at radius 3 is 2.25 bits per heavy atom. The summed E-state index contributed by atoms with van der Waals surface area (Å²) in [6, 6.07) is 16.4. The SMILES string of the molecule is CCCC(=O)O[C@H](C)C(=O)Nc1ccc(Oc2ccccc2)cc1. The highest BCUT2D eigenvalue weighted by atomic mass is 16.5. The van der Waals surface area contributed by atoms with Gasteiger partial charge in [-0.2, -0.15) is 0 Å². The van der Waals surface area contributed by atoms with Crippen LogP contribution in [0.3, 0.4) is 0 Å². The number of carbonyl (C=O) groups excluding carboxylic acids is 2. The molecule has 1 atom stereocenters. The fraction of sp³-hybridized carbons (Fsp3) is 0.263. The van der Waals surface area contributed by atoms with E-state index in [2.05, 4.69) is 5.32 Å². The third-order valence-electron chi connectivity index (χ3n) is 3.23. The van der Waals surface area contributed by atoms with E-state index in [4.69, 9.17) is 9.47 Å². The molecule has 0 fully saturated rings. The van der Waals surface area contributed by atoms with Crippen LogP contribution in [0, 0.1) is 0 Å². The minimum Gasteiger partial charge on any atom is -0.457 e. The summed E-state index contributed by atoms with van der Waals surface area (Å²) in [5, 5.41) is 2.71. The summed E-state index contributed by atoms with van der Waals surface area (Å²) in [5.41, 5.74) is 0.610. The molecule has 0 unspecified atom stereocenters. The Bertz CT molecular complexity index is 668. The van der Waals surface area contributed by atoms with E-state index in [0.29, 0.717) is 24.3 Å². The summed E-state index contributed by atoms with van der Waals surface area (Å²) in [4.78, 5) is 23.4. The average Bonchev–Trinajstić information content (AvgIpc) is 2.57. The van der Waals surface area contributed by atoms with Crippen LogP contribution in [0.15, 0.2) is 54.6 Å². The highest BCUT2D eigenvalue weighted by molar-refractivity contribution is 5.95. The molecular weight excluding hydrogens is 306 g/mol. The van der Waals surface area contributed by atoms with Gasteiger partial charge in [0.2, 0.25) is 0 Å². The molecule has 2 aromatic carbocycles. The van der Waals surface area contributed by atoms with Crippen molar-refractivity contribution < 1.29 is 19.1 Å². The quantitative estimate of drug-likeness (QED) is 0.776. The first-order valence-corrected chi connectivity index (χ1v) is 7.92. The molecule has 1 amide bonds. The first-order chi connectivity index (χ1) is 11.6. The number of carbonyl (C=O) groups is 2. The summed E-state index contributed by atoms with van der Waals surface area (Å²) < 4.78 is 10.7. The number of hydrogen-bond acceptors (Lipinski definition) is 4. The topological polar surface area (TPSA) is 64.6 Å². The summed E-state index contributed by atoms with van der Waals surface area (Å²) in [6.07, 6.45) is 0.170. The Morgan fingerprint density at radius 1 is 1.00 bits per heavy atom. The van der Waals surface area contributed by atoms with Crippen molar-refractivity contribution in [2.75, 3.05) is 5.32 Å². The van der Waals surface area contributed by atoms with Gasteiger partial charge in [-0.15, -0.1) is 0 Å². The van der Waals surface area contributed by atoms with Crippen LogP contribution < -0.4 is 10.1 Å². The summed E-state index contributed by atoms with van der Waals surface area (Å²) in [5.74, 6) is 0.676. The van der Waals surface area contributed by atoms with Crippen molar-refractivity contribution >= 4 is 17.6 Å². The van der Waals surface area contributed by atoms with Gasteiger partial charge in [0.15, 0.2) is 6.10 Å². The van der Waals surface area contributed by atoms with Crippen molar-refractivity contribution in [2.45, 2.75) is 32.8 Å². The van der Waals surface area contributed by atoms with Gasteiger partial charge >= 0.3 is 5.97 Å². The van der Waals surface area contributed by atoms with E-state index in [1.165, 1.54) is 0 Å². The largest absolute Gasteiger partial charge is 0.457 e. The zero-order valence-corrected chi connectivity index (χ0v) is 13.8. The summed E-state index contributed by atoms with van der Waals surface area (Å²) in [6.45, 7) is 3.43. The van der Waals surface area contributed by atoms with Gasteiger partial charge in [-0.25, -0.2) is 0 Å². The summed E-state index contributed by atoms with van der Waals surface area (Å²) >= 11 is 0. The number of rotatable bonds is 7. The molecule has 5 nitrogen and oxygen atoms in total. The van der Waals surface area contributed by atoms with Gasteiger partial charge in [-0.05, 0) is 49.7 Å². The van der Waals surface area contributed by atoms with Crippen molar-refractivity contribution in [3.63, 3.8) is 0 Å². The first kappa shape index (κ1) is 17.5. The number of benzene rings is 2. The third kappa shape index (κ3) is 5.43. The van der Waals surface area contributed by atoms with E-state index in [1.54, 1.807) is 31.2 Å². The monoisotopic (exact) mass is 327 g/mol. The van der Waals surface area contributed by atoms with Gasteiger partial charge < -0.3 is 14.8 Å². The molecule has 24 heavy (non-hydrogen) atoms. The molecule has 0 aliphatic rings. The van der Waals surface area contributed by atoms with Crippen LogP contribution in [0.25, 0.3) is 0 Å². The highest BCUT2D eigenvalue weighted by Gasteiger charge is 2.17. The van der Waals surface area contributed by atoms with Gasteiger partial charge in [0.1, 0.15) is 11.5 Å². The van der Waals surface area contributed by atoms with Crippen LogP contribution in [-0.2, 0) is 14.3 Å². The molecule has 0 radical (unpaired) electrons. The molecule has 0 aliphatic heterocycles. The van der Waals surface area contributed by atoms with Crippen molar-refractivity contribution in [3.05, 3.63) is 54.6 Å². The van der Waals surface area contributed by atoms with Gasteiger partial charge in [0.25, 0.3) is 5.91 Å². The first-order valence-electron chi connectivity index (χ1n) is 7.92. The average molecular weight is 327 g/mol. The minimum atomic E-state index is -0.829. The lowest BCUT2D eigenvalue weighted by atomic mass is 10.2. The van der Waals surface area contributed by atoms with E-state index < -0.39 is 6.10 Å².